The molecular formula is C11H13NO3. The van der Waals surface area contributed by atoms with E-state index in [0.29, 0.717) is 0 Å². The fourth-order valence-corrected chi connectivity index (χ4v) is 1.58. The third-order valence-electron chi connectivity index (χ3n) is 2.43. The lowest BCUT2D eigenvalue weighted by atomic mass is 10.2. The van der Waals surface area contributed by atoms with Crippen LogP contribution in [0.4, 0.5) is 0 Å². The van der Waals surface area contributed by atoms with Crippen LogP contribution in [0.3, 0.4) is 0 Å². The molecule has 1 aliphatic rings. The van der Waals surface area contributed by atoms with Gasteiger partial charge < -0.3 is 9.84 Å². The maximum absolute atomic E-state index is 10.6. The molecule has 80 valence electrons. The molecule has 1 aromatic carbocycles. The summed E-state index contributed by atoms with van der Waals surface area (Å²) in [4.78, 5) is 12.8. The number of rotatable bonds is 3. The predicted octanol–water partition coefficient (Wildman–Crippen LogP) is 1.08. The van der Waals surface area contributed by atoms with Crippen molar-refractivity contribution in [1.29, 1.82) is 0 Å². The van der Waals surface area contributed by atoms with E-state index in [4.69, 9.17) is 9.84 Å². The van der Waals surface area contributed by atoms with Crippen molar-refractivity contribution in [3.63, 3.8) is 0 Å². The standard InChI is InChI=1S/C11H13NO3/c1-12-6-10(7-12)15-9-4-2-8(3-5-9)11(13)14/h2-5,10H,6-7H2,1H3,(H,13,14). The molecule has 1 aromatic rings. The number of ether oxygens (including phenoxy) is 1. The van der Waals surface area contributed by atoms with Crippen molar-refractivity contribution in [1.82, 2.24) is 4.90 Å². The highest BCUT2D eigenvalue weighted by Crippen LogP contribution is 2.17. The van der Waals surface area contributed by atoms with Crippen molar-refractivity contribution in [3.8, 4) is 5.75 Å². The number of benzene rings is 1. The van der Waals surface area contributed by atoms with E-state index in [-0.39, 0.29) is 11.7 Å². The molecule has 1 aliphatic heterocycles. The Kier molecular flexibility index (Phi) is 2.60. The maximum Gasteiger partial charge on any atom is 0.335 e. The Morgan fingerprint density at radius 2 is 2.00 bits per heavy atom. The van der Waals surface area contributed by atoms with Crippen LogP contribution in [0.25, 0.3) is 0 Å². The number of carbonyl (C=O) groups is 1. The highest BCUT2D eigenvalue weighted by Gasteiger charge is 2.24. The summed E-state index contributed by atoms with van der Waals surface area (Å²) in [6.07, 6.45) is 0.241. The first-order valence-corrected chi connectivity index (χ1v) is 4.84. The molecule has 4 nitrogen and oxygen atoms in total. The number of carboxylic acid groups (broad SMARTS) is 1. The normalized spacial score (nSPS) is 17.1. The predicted molar refractivity (Wildman–Crippen MR) is 55.3 cm³/mol. The van der Waals surface area contributed by atoms with Crippen LogP contribution in [0, 0.1) is 0 Å². The van der Waals surface area contributed by atoms with E-state index in [1.807, 2.05) is 7.05 Å². The minimum Gasteiger partial charge on any atom is -0.488 e. The Balaban J connectivity index is 1.95. The molecule has 0 aromatic heterocycles. The molecule has 1 saturated heterocycles. The summed E-state index contributed by atoms with van der Waals surface area (Å²) in [5.41, 5.74) is 0.285. The molecule has 2 rings (SSSR count). The molecule has 1 N–H and O–H groups in total. The molecule has 0 radical (unpaired) electrons. The van der Waals surface area contributed by atoms with Gasteiger partial charge in [-0.05, 0) is 31.3 Å². The molecule has 0 saturated carbocycles. The topological polar surface area (TPSA) is 49.8 Å². The lowest BCUT2D eigenvalue weighted by molar-refractivity contribution is 0.0388. The van der Waals surface area contributed by atoms with Crippen molar-refractivity contribution in [2.45, 2.75) is 6.10 Å². The number of aromatic carboxylic acids is 1. The highest BCUT2D eigenvalue weighted by molar-refractivity contribution is 5.87. The zero-order chi connectivity index (χ0) is 10.8. The van der Waals surface area contributed by atoms with E-state index in [0.717, 1.165) is 18.8 Å². The first-order valence-electron chi connectivity index (χ1n) is 4.84. The Labute approximate surface area is 88.1 Å². The number of carboxylic acids is 1. The first kappa shape index (κ1) is 9.98. The lowest BCUT2D eigenvalue weighted by Gasteiger charge is -2.35. The summed E-state index contributed by atoms with van der Waals surface area (Å²) >= 11 is 0. The fourth-order valence-electron chi connectivity index (χ4n) is 1.58. The molecule has 0 unspecified atom stereocenters. The Hall–Kier alpha value is -1.55. The second kappa shape index (κ2) is 3.90. The molecule has 0 amide bonds. The van der Waals surface area contributed by atoms with Crippen LogP contribution in [-0.2, 0) is 0 Å². The Bertz CT molecular complexity index is 355. The van der Waals surface area contributed by atoms with Crippen LogP contribution in [0.5, 0.6) is 5.75 Å². The SMILES string of the molecule is CN1CC(Oc2ccc(C(=O)O)cc2)C1. The Morgan fingerprint density at radius 3 is 2.47 bits per heavy atom. The molecule has 0 aliphatic carbocycles. The number of hydrogen-bond donors (Lipinski definition) is 1. The first-order chi connectivity index (χ1) is 7.15. The quantitative estimate of drug-likeness (QED) is 0.805. The fraction of sp³-hybridized carbons (Fsp3) is 0.364. The third kappa shape index (κ3) is 2.27. The van der Waals surface area contributed by atoms with Crippen molar-refractivity contribution in [2.75, 3.05) is 20.1 Å². The van der Waals surface area contributed by atoms with E-state index in [2.05, 4.69) is 4.90 Å². The molecular weight excluding hydrogens is 194 g/mol. The van der Waals surface area contributed by atoms with Gasteiger partial charge in [-0.15, -0.1) is 0 Å². The second-order valence-electron chi connectivity index (χ2n) is 3.79. The zero-order valence-electron chi connectivity index (χ0n) is 8.51. The van der Waals surface area contributed by atoms with Gasteiger partial charge in [-0.25, -0.2) is 4.79 Å². The summed E-state index contributed by atoms with van der Waals surface area (Å²) in [6.45, 7) is 1.86. The molecule has 0 atom stereocenters. The van der Waals surface area contributed by atoms with Gasteiger partial charge in [-0.3, -0.25) is 4.90 Å². The number of hydrogen-bond acceptors (Lipinski definition) is 3. The maximum atomic E-state index is 10.6. The molecule has 0 spiro atoms. The van der Waals surface area contributed by atoms with E-state index < -0.39 is 5.97 Å². The smallest absolute Gasteiger partial charge is 0.335 e. The average molecular weight is 207 g/mol. The minimum atomic E-state index is -0.912. The van der Waals surface area contributed by atoms with Crippen molar-refractivity contribution >= 4 is 5.97 Å². The van der Waals surface area contributed by atoms with Gasteiger partial charge in [0.05, 0.1) is 5.56 Å². The number of likely N-dealkylation sites (tertiary alicyclic amines) is 1. The van der Waals surface area contributed by atoms with Gasteiger partial charge in [0, 0.05) is 13.1 Å². The van der Waals surface area contributed by atoms with Crippen molar-refractivity contribution in [3.05, 3.63) is 29.8 Å². The highest BCUT2D eigenvalue weighted by atomic mass is 16.5. The van der Waals surface area contributed by atoms with Crippen LogP contribution in [0.1, 0.15) is 10.4 Å². The van der Waals surface area contributed by atoms with Crippen molar-refractivity contribution in [2.24, 2.45) is 0 Å². The second-order valence-corrected chi connectivity index (χ2v) is 3.79. The summed E-state index contributed by atoms with van der Waals surface area (Å²) < 4.78 is 5.62. The van der Waals surface area contributed by atoms with Gasteiger partial charge in [0.1, 0.15) is 11.9 Å². The van der Waals surface area contributed by atoms with Crippen LogP contribution in [-0.4, -0.2) is 42.2 Å². The van der Waals surface area contributed by atoms with Gasteiger partial charge in [0.25, 0.3) is 0 Å². The van der Waals surface area contributed by atoms with Crippen LogP contribution in [0.15, 0.2) is 24.3 Å². The minimum absolute atomic E-state index is 0.241. The van der Waals surface area contributed by atoms with Crippen LogP contribution < -0.4 is 4.74 Å². The van der Waals surface area contributed by atoms with Crippen LogP contribution >= 0.6 is 0 Å². The summed E-state index contributed by atoms with van der Waals surface area (Å²) in [6, 6.07) is 6.50. The van der Waals surface area contributed by atoms with Crippen LogP contribution in [0.2, 0.25) is 0 Å². The molecule has 15 heavy (non-hydrogen) atoms. The Morgan fingerprint density at radius 1 is 1.40 bits per heavy atom. The van der Waals surface area contributed by atoms with E-state index in [1.165, 1.54) is 0 Å². The van der Waals surface area contributed by atoms with Gasteiger partial charge >= 0.3 is 5.97 Å². The zero-order valence-corrected chi connectivity index (χ0v) is 8.51. The van der Waals surface area contributed by atoms with E-state index >= 15 is 0 Å². The van der Waals surface area contributed by atoms with E-state index in [1.54, 1.807) is 24.3 Å². The van der Waals surface area contributed by atoms with E-state index in [9.17, 15) is 4.79 Å². The molecule has 1 fully saturated rings. The number of nitrogens with zero attached hydrogens (tertiary/aromatic N) is 1. The van der Waals surface area contributed by atoms with Gasteiger partial charge in [-0.1, -0.05) is 0 Å². The third-order valence-corrected chi connectivity index (χ3v) is 2.43. The molecule has 4 heteroatoms. The summed E-state index contributed by atoms with van der Waals surface area (Å²) in [5.74, 6) is -0.178. The molecule has 1 heterocycles. The van der Waals surface area contributed by atoms with Gasteiger partial charge in [0.2, 0.25) is 0 Å². The van der Waals surface area contributed by atoms with Crippen molar-refractivity contribution < 1.29 is 14.6 Å². The van der Waals surface area contributed by atoms with Gasteiger partial charge in [0.15, 0.2) is 0 Å². The largest absolute Gasteiger partial charge is 0.488 e. The van der Waals surface area contributed by atoms with Gasteiger partial charge in [-0.2, -0.15) is 0 Å². The summed E-state index contributed by atoms with van der Waals surface area (Å²) in [5, 5.41) is 8.70. The molecule has 0 bridgehead atoms. The average Bonchev–Trinajstić information content (AvgIpc) is 2.16. The lowest BCUT2D eigenvalue weighted by Crippen LogP contribution is -2.51. The number of likely N-dealkylation sites (N-methyl/N-ethyl adjacent to an activating group) is 1. The summed E-state index contributed by atoms with van der Waals surface area (Å²) in [7, 11) is 2.04. The monoisotopic (exact) mass is 207 g/mol.